The number of anilines is 1. The van der Waals surface area contributed by atoms with Crippen LogP contribution in [0.1, 0.15) is 20.8 Å². The summed E-state index contributed by atoms with van der Waals surface area (Å²) in [5, 5.41) is 16.8. The number of likely N-dealkylation sites (N-methyl/N-ethyl adjacent to an activating group) is 2. The van der Waals surface area contributed by atoms with Gasteiger partial charge < -0.3 is 20.2 Å². The van der Waals surface area contributed by atoms with Crippen molar-refractivity contribution in [1.29, 1.82) is 0 Å². The molecule has 0 aromatic carbocycles. The molecule has 1 aromatic heterocycles. The summed E-state index contributed by atoms with van der Waals surface area (Å²) in [5.74, 6) is 0. The fourth-order valence-electron chi connectivity index (χ4n) is 1.85. The van der Waals surface area contributed by atoms with Gasteiger partial charge in [-0.2, -0.15) is 5.10 Å². The number of rotatable bonds is 7. The predicted molar refractivity (Wildman–Crippen MR) is 83.3 cm³/mol. The zero-order valence-corrected chi connectivity index (χ0v) is 13.6. The molecule has 1 aromatic rings. The Labute approximate surface area is 126 Å². The van der Waals surface area contributed by atoms with Crippen LogP contribution in [0.4, 0.5) is 10.5 Å². The van der Waals surface area contributed by atoms with Crippen molar-refractivity contribution in [3.8, 4) is 0 Å². The Balaban J connectivity index is 2.57. The van der Waals surface area contributed by atoms with E-state index in [0.717, 1.165) is 13.1 Å². The molecule has 0 saturated heterocycles. The molecule has 0 unspecified atom stereocenters. The Kier molecular flexibility index (Phi) is 6.17. The van der Waals surface area contributed by atoms with E-state index in [1.54, 1.807) is 35.8 Å². The minimum atomic E-state index is -0.913. The number of carbonyl (C=O) groups excluding carboxylic acids is 1. The minimum absolute atomic E-state index is 0.230. The van der Waals surface area contributed by atoms with Gasteiger partial charge in [-0.25, -0.2) is 4.79 Å². The Bertz CT molecular complexity index is 450. The maximum atomic E-state index is 12.2. The highest BCUT2D eigenvalue weighted by atomic mass is 16.3. The maximum Gasteiger partial charge on any atom is 0.322 e. The Hall–Kier alpha value is -1.60. The van der Waals surface area contributed by atoms with Crippen molar-refractivity contribution >= 4 is 11.7 Å². The van der Waals surface area contributed by atoms with Crippen LogP contribution in [-0.4, -0.2) is 70.0 Å². The number of amides is 2. The summed E-state index contributed by atoms with van der Waals surface area (Å²) in [4.78, 5) is 15.8. The number of aliphatic hydroxyl groups is 1. The minimum Gasteiger partial charge on any atom is -0.389 e. The van der Waals surface area contributed by atoms with Crippen LogP contribution in [0.2, 0.25) is 0 Å². The van der Waals surface area contributed by atoms with Crippen LogP contribution in [0.5, 0.6) is 0 Å². The second kappa shape index (κ2) is 7.42. The number of nitrogens with one attached hydrogen (secondary N) is 1. The van der Waals surface area contributed by atoms with Crippen molar-refractivity contribution in [1.82, 2.24) is 19.6 Å². The van der Waals surface area contributed by atoms with Crippen LogP contribution in [0.25, 0.3) is 0 Å². The van der Waals surface area contributed by atoms with Crippen molar-refractivity contribution in [2.75, 3.05) is 39.0 Å². The molecule has 0 aliphatic heterocycles. The quantitative estimate of drug-likeness (QED) is 0.789. The first kappa shape index (κ1) is 17.5. The van der Waals surface area contributed by atoms with Crippen LogP contribution < -0.4 is 5.32 Å². The molecule has 0 fully saturated rings. The summed E-state index contributed by atoms with van der Waals surface area (Å²) in [6.07, 6.45) is 3.44. The first-order chi connectivity index (χ1) is 9.71. The van der Waals surface area contributed by atoms with Crippen LogP contribution >= 0.6 is 0 Å². The summed E-state index contributed by atoms with van der Waals surface area (Å²) < 4.78 is 1.79. The summed E-state index contributed by atoms with van der Waals surface area (Å²) in [6.45, 7) is 7.71. The molecule has 0 radical (unpaired) electrons. The number of nitrogens with zero attached hydrogens (tertiary/aromatic N) is 4. The zero-order valence-electron chi connectivity index (χ0n) is 13.6. The van der Waals surface area contributed by atoms with Crippen molar-refractivity contribution in [3.63, 3.8) is 0 Å². The molecule has 0 atom stereocenters. The lowest BCUT2D eigenvalue weighted by Crippen LogP contribution is -2.44. The van der Waals surface area contributed by atoms with Gasteiger partial charge in [-0.15, -0.1) is 0 Å². The third-order valence-corrected chi connectivity index (χ3v) is 2.91. The highest BCUT2D eigenvalue weighted by Crippen LogP contribution is 2.09. The molecular weight excluding hydrogens is 270 g/mol. The molecule has 1 rings (SSSR count). The van der Waals surface area contributed by atoms with Crippen molar-refractivity contribution in [2.45, 2.75) is 32.9 Å². The van der Waals surface area contributed by atoms with Gasteiger partial charge in [0.05, 0.1) is 30.6 Å². The predicted octanol–water partition coefficient (Wildman–Crippen LogP) is 1.07. The maximum absolute atomic E-state index is 12.2. The first-order valence-electron chi connectivity index (χ1n) is 7.17. The van der Waals surface area contributed by atoms with Gasteiger partial charge in [-0.3, -0.25) is 4.68 Å². The standard InChI is InChI=1S/C14H27N5O2/c1-6-18(11-14(2,3)21)13(20)16-12-9-15-19(10-12)8-7-17(4)5/h9-10,21H,6-8,11H2,1-5H3,(H,16,20). The average molecular weight is 297 g/mol. The Morgan fingerprint density at radius 3 is 2.67 bits per heavy atom. The number of urea groups is 1. The van der Waals surface area contributed by atoms with Crippen LogP contribution in [0.15, 0.2) is 12.4 Å². The molecular formula is C14H27N5O2. The van der Waals surface area contributed by atoms with E-state index >= 15 is 0 Å². The summed E-state index contributed by atoms with van der Waals surface area (Å²) in [6, 6.07) is -0.230. The highest BCUT2D eigenvalue weighted by molar-refractivity contribution is 5.89. The zero-order chi connectivity index (χ0) is 16.0. The van der Waals surface area contributed by atoms with E-state index in [1.807, 2.05) is 21.0 Å². The van der Waals surface area contributed by atoms with Crippen molar-refractivity contribution in [3.05, 3.63) is 12.4 Å². The summed E-state index contributed by atoms with van der Waals surface area (Å²) in [7, 11) is 4.00. The molecule has 0 aliphatic carbocycles. The van der Waals surface area contributed by atoms with E-state index < -0.39 is 5.60 Å². The molecule has 2 N–H and O–H groups in total. The molecule has 7 heteroatoms. The fourth-order valence-corrected chi connectivity index (χ4v) is 1.85. The third kappa shape index (κ3) is 6.59. The fraction of sp³-hybridized carbons (Fsp3) is 0.714. The Morgan fingerprint density at radius 1 is 1.48 bits per heavy atom. The van der Waals surface area contributed by atoms with Gasteiger partial charge in [0.2, 0.25) is 0 Å². The van der Waals surface area contributed by atoms with Gasteiger partial charge in [-0.1, -0.05) is 0 Å². The van der Waals surface area contributed by atoms with E-state index in [1.165, 1.54) is 0 Å². The largest absolute Gasteiger partial charge is 0.389 e. The molecule has 0 spiro atoms. The average Bonchev–Trinajstić information content (AvgIpc) is 2.80. The lowest BCUT2D eigenvalue weighted by Gasteiger charge is -2.27. The second-order valence-electron chi connectivity index (χ2n) is 6.05. The van der Waals surface area contributed by atoms with Crippen molar-refractivity contribution < 1.29 is 9.90 Å². The van der Waals surface area contributed by atoms with E-state index in [0.29, 0.717) is 12.2 Å². The van der Waals surface area contributed by atoms with E-state index in [4.69, 9.17) is 0 Å². The molecule has 120 valence electrons. The monoisotopic (exact) mass is 297 g/mol. The second-order valence-corrected chi connectivity index (χ2v) is 6.05. The van der Waals surface area contributed by atoms with Gasteiger partial charge in [0.15, 0.2) is 0 Å². The number of hydrogen-bond acceptors (Lipinski definition) is 4. The highest BCUT2D eigenvalue weighted by Gasteiger charge is 2.21. The van der Waals surface area contributed by atoms with E-state index in [9.17, 15) is 9.90 Å². The topological polar surface area (TPSA) is 73.6 Å². The van der Waals surface area contributed by atoms with Crippen LogP contribution in [-0.2, 0) is 6.54 Å². The van der Waals surface area contributed by atoms with Gasteiger partial charge in [0.25, 0.3) is 0 Å². The van der Waals surface area contributed by atoms with Crippen LogP contribution in [0, 0.1) is 0 Å². The van der Waals surface area contributed by atoms with Gasteiger partial charge in [0.1, 0.15) is 0 Å². The lowest BCUT2D eigenvalue weighted by molar-refractivity contribution is 0.0501. The smallest absolute Gasteiger partial charge is 0.322 e. The number of carbonyl (C=O) groups is 1. The molecule has 21 heavy (non-hydrogen) atoms. The molecule has 1 heterocycles. The Morgan fingerprint density at radius 2 is 2.14 bits per heavy atom. The lowest BCUT2D eigenvalue weighted by atomic mass is 10.1. The third-order valence-electron chi connectivity index (χ3n) is 2.91. The van der Waals surface area contributed by atoms with E-state index in [2.05, 4.69) is 15.3 Å². The first-order valence-corrected chi connectivity index (χ1v) is 7.17. The molecule has 7 nitrogen and oxygen atoms in total. The number of aromatic nitrogens is 2. The van der Waals surface area contributed by atoms with Gasteiger partial charge in [0, 0.05) is 19.3 Å². The summed E-state index contributed by atoms with van der Waals surface area (Å²) >= 11 is 0. The molecule has 0 bridgehead atoms. The molecule has 2 amide bonds. The molecule has 0 aliphatic rings. The summed E-state index contributed by atoms with van der Waals surface area (Å²) in [5.41, 5.74) is -0.253. The van der Waals surface area contributed by atoms with Crippen molar-refractivity contribution in [2.24, 2.45) is 0 Å². The normalized spacial score (nSPS) is 11.8. The van der Waals surface area contributed by atoms with Gasteiger partial charge >= 0.3 is 6.03 Å². The number of hydrogen-bond donors (Lipinski definition) is 2. The molecule has 0 saturated carbocycles. The SMILES string of the molecule is CCN(CC(C)(C)O)C(=O)Nc1cnn(CCN(C)C)c1. The van der Waals surface area contributed by atoms with Gasteiger partial charge in [-0.05, 0) is 34.9 Å². The van der Waals surface area contributed by atoms with E-state index in [-0.39, 0.29) is 12.6 Å². The van der Waals surface area contributed by atoms with Crippen LogP contribution in [0.3, 0.4) is 0 Å².